The number of amides is 1. The van der Waals surface area contributed by atoms with Gasteiger partial charge in [-0.25, -0.2) is 0 Å². The van der Waals surface area contributed by atoms with Crippen LogP contribution in [0.2, 0.25) is 0 Å². The van der Waals surface area contributed by atoms with E-state index < -0.39 is 0 Å². The van der Waals surface area contributed by atoms with Crippen LogP contribution in [0.15, 0.2) is 0 Å². The van der Waals surface area contributed by atoms with Crippen LogP contribution < -0.4 is 0 Å². The highest BCUT2D eigenvalue weighted by atomic mass is 16.6. The number of rotatable bonds is 3. The van der Waals surface area contributed by atoms with Gasteiger partial charge in [-0.2, -0.15) is 0 Å². The SMILES string of the molecule is CO[C@H]1CN(CC(=O)N2CCCCC2)C[C@@]12CCCO2. The molecule has 0 N–H and O–H groups in total. The van der Waals surface area contributed by atoms with E-state index >= 15 is 0 Å². The zero-order valence-electron chi connectivity index (χ0n) is 12.5. The Morgan fingerprint density at radius 2 is 2.10 bits per heavy atom. The van der Waals surface area contributed by atoms with Gasteiger partial charge >= 0.3 is 0 Å². The molecule has 3 heterocycles. The van der Waals surface area contributed by atoms with Gasteiger partial charge < -0.3 is 14.4 Å². The average Bonchev–Trinajstić information content (AvgIpc) is 3.08. The summed E-state index contributed by atoms with van der Waals surface area (Å²) in [5.74, 6) is 0.273. The quantitative estimate of drug-likeness (QED) is 0.770. The Morgan fingerprint density at radius 3 is 2.75 bits per heavy atom. The number of hydrogen-bond donors (Lipinski definition) is 0. The highest BCUT2D eigenvalue weighted by molar-refractivity contribution is 5.78. The summed E-state index contributed by atoms with van der Waals surface area (Å²) in [5.41, 5.74) is -0.156. The highest BCUT2D eigenvalue weighted by Gasteiger charge is 2.50. The van der Waals surface area contributed by atoms with Gasteiger partial charge in [-0.1, -0.05) is 0 Å². The summed E-state index contributed by atoms with van der Waals surface area (Å²) in [6.07, 6.45) is 5.84. The fourth-order valence-electron chi connectivity index (χ4n) is 3.89. The molecule has 20 heavy (non-hydrogen) atoms. The van der Waals surface area contributed by atoms with Crippen LogP contribution in [0.3, 0.4) is 0 Å². The summed E-state index contributed by atoms with van der Waals surface area (Å²) < 4.78 is 11.6. The lowest BCUT2D eigenvalue weighted by atomic mass is 9.97. The van der Waals surface area contributed by atoms with Gasteiger partial charge in [-0.05, 0) is 32.1 Å². The number of carbonyl (C=O) groups is 1. The molecule has 1 spiro atoms. The smallest absolute Gasteiger partial charge is 0.236 e. The summed E-state index contributed by atoms with van der Waals surface area (Å²) in [6.45, 7) is 4.87. The Kier molecular flexibility index (Phi) is 4.29. The number of likely N-dealkylation sites (tertiary alicyclic amines) is 2. The van der Waals surface area contributed by atoms with Crippen molar-refractivity contribution in [1.29, 1.82) is 0 Å². The largest absolute Gasteiger partial charge is 0.377 e. The van der Waals surface area contributed by atoms with E-state index in [-0.39, 0.29) is 17.6 Å². The number of carbonyl (C=O) groups excluding carboxylic acids is 1. The zero-order valence-corrected chi connectivity index (χ0v) is 12.5. The molecule has 3 saturated heterocycles. The molecular formula is C15H26N2O3. The number of hydrogen-bond acceptors (Lipinski definition) is 4. The molecule has 0 unspecified atom stereocenters. The maximum Gasteiger partial charge on any atom is 0.236 e. The Balaban J connectivity index is 1.57. The monoisotopic (exact) mass is 282 g/mol. The Bertz CT molecular complexity index is 349. The van der Waals surface area contributed by atoms with Crippen LogP contribution in [-0.2, 0) is 14.3 Å². The minimum absolute atomic E-state index is 0.110. The van der Waals surface area contributed by atoms with Crippen LogP contribution in [0.1, 0.15) is 32.1 Å². The van der Waals surface area contributed by atoms with Crippen molar-refractivity contribution in [3.8, 4) is 0 Å². The van der Waals surface area contributed by atoms with E-state index in [0.29, 0.717) is 6.54 Å². The van der Waals surface area contributed by atoms with E-state index in [2.05, 4.69) is 4.90 Å². The predicted molar refractivity (Wildman–Crippen MR) is 75.6 cm³/mol. The van der Waals surface area contributed by atoms with Gasteiger partial charge in [0, 0.05) is 39.9 Å². The van der Waals surface area contributed by atoms with Crippen LogP contribution in [0.4, 0.5) is 0 Å². The third kappa shape index (κ3) is 2.71. The number of piperidine rings is 1. The maximum absolute atomic E-state index is 12.4. The second-order valence-corrected chi connectivity index (χ2v) is 6.35. The summed E-state index contributed by atoms with van der Waals surface area (Å²) >= 11 is 0. The van der Waals surface area contributed by atoms with E-state index in [1.54, 1.807) is 7.11 Å². The van der Waals surface area contributed by atoms with Crippen molar-refractivity contribution >= 4 is 5.91 Å². The van der Waals surface area contributed by atoms with Gasteiger partial charge in [0.25, 0.3) is 0 Å². The van der Waals surface area contributed by atoms with Crippen molar-refractivity contribution in [1.82, 2.24) is 9.80 Å². The van der Waals surface area contributed by atoms with Crippen molar-refractivity contribution < 1.29 is 14.3 Å². The molecule has 0 aromatic heterocycles. The molecule has 0 aromatic carbocycles. The molecule has 3 aliphatic heterocycles. The molecule has 0 aliphatic carbocycles. The molecule has 5 heteroatoms. The minimum Gasteiger partial charge on any atom is -0.377 e. The molecule has 0 radical (unpaired) electrons. The fourth-order valence-corrected chi connectivity index (χ4v) is 3.89. The summed E-state index contributed by atoms with van der Waals surface area (Å²) in [5, 5.41) is 0. The van der Waals surface area contributed by atoms with Crippen molar-refractivity contribution in [3.05, 3.63) is 0 Å². The summed E-state index contributed by atoms with van der Waals surface area (Å²) in [4.78, 5) is 16.6. The van der Waals surface area contributed by atoms with Crippen LogP contribution in [-0.4, -0.2) is 73.9 Å². The molecular weight excluding hydrogens is 256 g/mol. The molecule has 0 bridgehead atoms. The fraction of sp³-hybridized carbons (Fsp3) is 0.933. The summed E-state index contributed by atoms with van der Waals surface area (Å²) in [7, 11) is 1.75. The molecule has 3 fully saturated rings. The van der Waals surface area contributed by atoms with Gasteiger partial charge in [0.2, 0.25) is 5.91 Å². The lowest BCUT2D eigenvalue weighted by Crippen LogP contribution is -2.43. The third-order valence-electron chi connectivity index (χ3n) is 4.99. The minimum atomic E-state index is -0.156. The number of nitrogens with zero attached hydrogens (tertiary/aromatic N) is 2. The second kappa shape index (κ2) is 6.00. The first-order valence-electron chi connectivity index (χ1n) is 7.90. The van der Waals surface area contributed by atoms with Gasteiger partial charge in [0.15, 0.2) is 0 Å². The first kappa shape index (κ1) is 14.3. The number of ether oxygens (including phenoxy) is 2. The van der Waals surface area contributed by atoms with Crippen LogP contribution in [0.25, 0.3) is 0 Å². The molecule has 3 aliphatic rings. The zero-order chi connectivity index (χ0) is 14.0. The van der Waals surface area contributed by atoms with Gasteiger partial charge in [0.1, 0.15) is 5.60 Å². The predicted octanol–water partition coefficient (Wildman–Crippen LogP) is 0.879. The third-order valence-corrected chi connectivity index (χ3v) is 4.99. The van der Waals surface area contributed by atoms with Crippen LogP contribution in [0, 0.1) is 0 Å². The van der Waals surface area contributed by atoms with E-state index in [1.165, 1.54) is 6.42 Å². The molecule has 0 aromatic rings. The second-order valence-electron chi connectivity index (χ2n) is 6.35. The first-order valence-corrected chi connectivity index (χ1v) is 7.90. The van der Waals surface area contributed by atoms with E-state index in [9.17, 15) is 4.79 Å². The molecule has 2 atom stereocenters. The maximum atomic E-state index is 12.4. The lowest BCUT2D eigenvalue weighted by Gasteiger charge is -2.29. The van der Waals surface area contributed by atoms with E-state index in [1.807, 2.05) is 4.90 Å². The molecule has 114 valence electrons. The van der Waals surface area contributed by atoms with Gasteiger partial charge in [-0.3, -0.25) is 9.69 Å². The summed E-state index contributed by atoms with van der Waals surface area (Å²) in [6, 6.07) is 0. The Labute approximate surface area is 121 Å². The van der Waals surface area contributed by atoms with E-state index in [0.717, 1.165) is 58.5 Å². The number of methoxy groups -OCH3 is 1. The van der Waals surface area contributed by atoms with Crippen molar-refractivity contribution in [2.75, 3.05) is 46.4 Å². The van der Waals surface area contributed by atoms with Crippen LogP contribution >= 0.6 is 0 Å². The van der Waals surface area contributed by atoms with Crippen molar-refractivity contribution in [2.45, 2.75) is 43.8 Å². The Hall–Kier alpha value is -0.650. The lowest BCUT2D eigenvalue weighted by molar-refractivity contribution is -0.133. The first-order chi connectivity index (χ1) is 9.73. The van der Waals surface area contributed by atoms with Gasteiger partial charge in [-0.15, -0.1) is 0 Å². The van der Waals surface area contributed by atoms with Gasteiger partial charge in [0.05, 0.1) is 12.6 Å². The Morgan fingerprint density at radius 1 is 1.30 bits per heavy atom. The standard InChI is InChI=1S/C15H26N2O3/c1-19-13-10-16(12-15(13)6-5-9-20-15)11-14(18)17-7-3-2-4-8-17/h13H,2-12H2,1H3/t13-,15-/m0/s1. The van der Waals surface area contributed by atoms with Crippen molar-refractivity contribution in [3.63, 3.8) is 0 Å². The molecule has 3 rings (SSSR count). The van der Waals surface area contributed by atoms with Crippen LogP contribution in [0.5, 0.6) is 0 Å². The highest BCUT2D eigenvalue weighted by Crippen LogP contribution is 2.36. The normalized spacial score (nSPS) is 35.0. The van der Waals surface area contributed by atoms with Crippen molar-refractivity contribution in [2.24, 2.45) is 0 Å². The average molecular weight is 282 g/mol. The molecule has 0 saturated carbocycles. The topological polar surface area (TPSA) is 42.0 Å². The molecule has 5 nitrogen and oxygen atoms in total. The van der Waals surface area contributed by atoms with E-state index in [4.69, 9.17) is 9.47 Å². The molecule has 1 amide bonds.